The number of amides is 1. The highest BCUT2D eigenvalue weighted by molar-refractivity contribution is 5.94. The molecule has 0 saturated heterocycles. The van der Waals surface area contributed by atoms with Crippen LogP contribution in [0.25, 0.3) is 0 Å². The molecule has 0 aromatic carbocycles. The Balaban J connectivity index is 4.60. The summed E-state index contributed by atoms with van der Waals surface area (Å²) in [5.74, 6) is -0.255. The first-order valence-electron chi connectivity index (χ1n) is 5.82. The minimum absolute atomic E-state index is 0.0118. The lowest BCUT2D eigenvalue weighted by Gasteiger charge is -2.31. The molecule has 0 fully saturated rings. The van der Waals surface area contributed by atoms with E-state index < -0.39 is 5.54 Å². The lowest BCUT2D eigenvalue weighted by molar-refractivity contribution is -0.128. The summed E-state index contributed by atoms with van der Waals surface area (Å²) >= 11 is 0. The molecule has 4 N–H and O–H groups in total. The van der Waals surface area contributed by atoms with Crippen molar-refractivity contribution >= 4 is 11.7 Å². The number of amidine groups is 1. The molecule has 0 radical (unpaired) electrons. The molecule has 0 aliphatic carbocycles. The predicted octanol–water partition coefficient (Wildman–Crippen LogP) is 0.833. The standard InChI is InChI=1S/C11H23N3O3/c1-5-11(6-2,10(12)14-16)13-9(15)7-17-8(3)4/h8,16H,5-7H2,1-4H3,(H2,12,14)(H,13,15). The average Bonchev–Trinajstić information content (AvgIpc) is 2.32. The first-order valence-corrected chi connectivity index (χ1v) is 5.82. The van der Waals surface area contributed by atoms with Gasteiger partial charge in [-0.3, -0.25) is 4.79 Å². The number of hydrogen-bond donors (Lipinski definition) is 3. The van der Waals surface area contributed by atoms with Crippen LogP contribution < -0.4 is 11.1 Å². The maximum Gasteiger partial charge on any atom is 0.246 e. The van der Waals surface area contributed by atoms with Crippen LogP contribution in [0.1, 0.15) is 40.5 Å². The zero-order valence-corrected chi connectivity index (χ0v) is 11.0. The van der Waals surface area contributed by atoms with Crippen molar-refractivity contribution in [1.82, 2.24) is 5.32 Å². The van der Waals surface area contributed by atoms with Crippen LogP contribution in [-0.2, 0) is 9.53 Å². The van der Waals surface area contributed by atoms with Gasteiger partial charge in [0.2, 0.25) is 5.91 Å². The number of oxime groups is 1. The van der Waals surface area contributed by atoms with Crippen molar-refractivity contribution in [2.45, 2.75) is 52.2 Å². The number of ether oxygens (including phenoxy) is 1. The SMILES string of the molecule is CCC(CC)(NC(=O)COC(C)C)C(N)=NO. The van der Waals surface area contributed by atoms with E-state index in [1.54, 1.807) is 0 Å². The zero-order chi connectivity index (χ0) is 13.5. The highest BCUT2D eigenvalue weighted by Crippen LogP contribution is 2.15. The number of carbonyl (C=O) groups excluding carboxylic acids is 1. The molecule has 0 saturated carbocycles. The molecule has 0 unspecified atom stereocenters. The number of nitrogens with one attached hydrogen (secondary N) is 1. The number of nitrogens with two attached hydrogens (primary N) is 1. The molecular formula is C11H23N3O3. The molecule has 6 heteroatoms. The van der Waals surface area contributed by atoms with Gasteiger partial charge in [0.05, 0.1) is 6.10 Å². The summed E-state index contributed by atoms with van der Waals surface area (Å²) in [6.07, 6.45) is 1.09. The molecule has 0 aromatic rings. The van der Waals surface area contributed by atoms with Crippen molar-refractivity contribution < 1.29 is 14.7 Å². The topological polar surface area (TPSA) is 96.9 Å². The predicted molar refractivity (Wildman–Crippen MR) is 66.0 cm³/mol. The zero-order valence-electron chi connectivity index (χ0n) is 11.0. The summed E-state index contributed by atoms with van der Waals surface area (Å²) in [6.45, 7) is 7.40. The fraction of sp³-hybridized carbons (Fsp3) is 0.818. The van der Waals surface area contributed by atoms with Crippen molar-refractivity contribution in [3.8, 4) is 0 Å². The molecule has 0 aromatic heterocycles. The van der Waals surface area contributed by atoms with Crippen molar-refractivity contribution in [1.29, 1.82) is 0 Å². The van der Waals surface area contributed by atoms with Crippen LogP contribution in [0.15, 0.2) is 5.16 Å². The minimum Gasteiger partial charge on any atom is -0.409 e. The summed E-state index contributed by atoms with van der Waals surface area (Å²) < 4.78 is 5.20. The molecule has 0 aliphatic heterocycles. The van der Waals surface area contributed by atoms with Gasteiger partial charge in [0.1, 0.15) is 12.1 Å². The summed E-state index contributed by atoms with van der Waals surface area (Å²) in [4.78, 5) is 11.7. The van der Waals surface area contributed by atoms with Gasteiger partial charge in [0.15, 0.2) is 5.84 Å². The van der Waals surface area contributed by atoms with Gasteiger partial charge in [-0.25, -0.2) is 0 Å². The van der Waals surface area contributed by atoms with Gasteiger partial charge in [0, 0.05) is 0 Å². The Morgan fingerprint density at radius 3 is 2.35 bits per heavy atom. The second-order valence-corrected chi connectivity index (χ2v) is 4.18. The van der Waals surface area contributed by atoms with Gasteiger partial charge < -0.3 is 21.0 Å². The first kappa shape index (κ1) is 15.7. The Kier molecular flexibility index (Phi) is 6.57. The summed E-state index contributed by atoms with van der Waals surface area (Å²) in [6, 6.07) is 0. The van der Waals surface area contributed by atoms with Crippen molar-refractivity contribution in [2.75, 3.05) is 6.61 Å². The minimum atomic E-state index is -0.799. The average molecular weight is 245 g/mol. The molecule has 6 nitrogen and oxygen atoms in total. The van der Waals surface area contributed by atoms with Gasteiger partial charge in [0.25, 0.3) is 0 Å². The Labute approximate surface area is 102 Å². The Morgan fingerprint density at radius 1 is 1.47 bits per heavy atom. The summed E-state index contributed by atoms with van der Waals surface area (Å²) in [7, 11) is 0. The van der Waals surface area contributed by atoms with Gasteiger partial charge in [-0.2, -0.15) is 0 Å². The molecule has 0 atom stereocenters. The number of rotatable bonds is 7. The molecule has 0 bridgehead atoms. The molecule has 17 heavy (non-hydrogen) atoms. The van der Waals surface area contributed by atoms with Crippen LogP contribution in [-0.4, -0.2) is 35.2 Å². The Morgan fingerprint density at radius 2 is 2.00 bits per heavy atom. The summed E-state index contributed by atoms with van der Waals surface area (Å²) in [5, 5.41) is 14.5. The van der Waals surface area contributed by atoms with Crippen LogP contribution in [0.2, 0.25) is 0 Å². The number of hydrogen-bond acceptors (Lipinski definition) is 4. The molecule has 100 valence electrons. The normalized spacial score (nSPS) is 12.9. The van der Waals surface area contributed by atoms with E-state index in [0.717, 1.165) is 0 Å². The van der Waals surface area contributed by atoms with Crippen LogP contribution in [0.3, 0.4) is 0 Å². The quantitative estimate of drug-likeness (QED) is 0.268. The lowest BCUT2D eigenvalue weighted by Crippen LogP contribution is -2.57. The Bertz CT molecular complexity index is 273. The third-order valence-corrected chi connectivity index (χ3v) is 2.73. The number of carbonyl (C=O) groups is 1. The third kappa shape index (κ3) is 4.60. The van der Waals surface area contributed by atoms with E-state index in [2.05, 4.69) is 10.5 Å². The smallest absolute Gasteiger partial charge is 0.246 e. The van der Waals surface area contributed by atoms with E-state index in [-0.39, 0.29) is 24.5 Å². The highest BCUT2D eigenvalue weighted by Gasteiger charge is 2.33. The molecular weight excluding hydrogens is 222 g/mol. The van der Waals surface area contributed by atoms with Crippen molar-refractivity contribution in [2.24, 2.45) is 10.9 Å². The van der Waals surface area contributed by atoms with Crippen LogP contribution in [0.4, 0.5) is 0 Å². The molecule has 1 amide bonds. The highest BCUT2D eigenvalue weighted by atomic mass is 16.5. The molecule has 0 spiro atoms. The van der Waals surface area contributed by atoms with Crippen molar-refractivity contribution in [3.05, 3.63) is 0 Å². The fourth-order valence-electron chi connectivity index (χ4n) is 1.49. The second-order valence-electron chi connectivity index (χ2n) is 4.18. The maximum absolute atomic E-state index is 11.7. The monoisotopic (exact) mass is 245 g/mol. The lowest BCUT2D eigenvalue weighted by atomic mass is 9.91. The van der Waals surface area contributed by atoms with E-state index in [1.807, 2.05) is 27.7 Å². The van der Waals surface area contributed by atoms with Crippen molar-refractivity contribution in [3.63, 3.8) is 0 Å². The van der Waals surface area contributed by atoms with Crippen LogP contribution >= 0.6 is 0 Å². The number of nitrogens with zero attached hydrogens (tertiary/aromatic N) is 1. The fourth-order valence-corrected chi connectivity index (χ4v) is 1.49. The van der Waals surface area contributed by atoms with Gasteiger partial charge in [-0.1, -0.05) is 19.0 Å². The largest absolute Gasteiger partial charge is 0.409 e. The van der Waals surface area contributed by atoms with Gasteiger partial charge >= 0.3 is 0 Å². The molecule has 0 aliphatic rings. The first-order chi connectivity index (χ1) is 7.91. The second kappa shape index (κ2) is 7.11. The van der Waals surface area contributed by atoms with Crippen LogP contribution in [0.5, 0.6) is 0 Å². The molecule has 0 rings (SSSR count). The van der Waals surface area contributed by atoms with Gasteiger partial charge in [-0.05, 0) is 26.7 Å². The van der Waals surface area contributed by atoms with E-state index in [1.165, 1.54) is 0 Å². The Hall–Kier alpha value is -1.30. The van der Waals surface area contributed by atoms with E-state index >= 15 is 0 Å². The van der Waals surface area contributed by atoms with Gasteiger partial charge in [-0.15, -0.1) is 0 Å². The third-order valence-electron chi connectivity index (χ3n) is 2.73. The van der Waals surface area contributed by atoms with E-state index in [9.17, 15) is 4.79 Å². The maximum atomic E-state index is 11.7. The summed E-state index contributed by atoms with van der Waals surface area (Å²) in [5.41, 5.74) is 4.82. The van der Waals surface area contributed by atoms with E-state index in [4.69, 9.17) is 15.7 Å². The molecule has 0 heterocycles. The van der Waals surface area contributed by atoms with Crippen LogP contribution in [0, 0.1) is 0 Å². The van der Waals surface area contributed by atoms with E-state index in [0.29, 0.717) is 12.8 Å².